The van der Waals surface area contributed by atoms with Crippen molar-refractivity contribution in [2.24, 2.45) is 0 Å². The van der Waals surface area contributed by atoms with Gasteiger partial charge in [0.1, 0.15) is 12.1 Å². The van der Waals surface area contributed by atoms with Crippen LogP contribution in [0.2, 0.25) is 0 Å². The molecule has 0 unspecified atom stereocenters. The lowest BCUT2D eigenvalue weighted by Gasteiger charge is -2.07. The molecule has 0 atom stereocenters. The smallest absolute Gasteiger partial charge is 0.307 e. The van der Waals surface area contributed by atoms with Crippen LogP contribution >= 0.6 is 0 Å². The van der Waals surface area contributed by atoms with Crippen molar-refractivity contribution in [1.82, 2.24) is 9.97 Å². The molecule has 0 aliphatic carbocycles. The second-order valence-electron chi connectivity index (χ2n) is 3.48. The van der Waals surface area contributed by atoms with Crippen LogP contribution < -0.4 is 0 Å². The van der Waals surface area contributed by atoms with Crippen molar-refractivity contribution in [3.05, 3.63) is 42.4 Å². The molecule has 5 heteroatoms. The first-order chi connectivity index (χ1) is 8.18. The predicted octanol–water partition coefficient (Wildman–Crippen LogP) is 1.48. The van der Waals surface area contributed by atoms with Gasteiger partial charge in [0.05, 0.1) is 12.1 Å². The third-order valence-corrected chi connectivity index (χ3v) is 2.29. The number of hydrogen-bond donors (Lipinski definition) is 2. The minimum atomic E-state index is -0.962. The number of hydrogen-bond acceptors (Lipinski definition) is 4. The summed E-state index contributed by atoms with van der Waals surface area (Å²) in [6.45, 7) is 0. The lowest BCUT2D eigenvalue weighted by Crippen LogP contribution is -2.03. The van der Waals surface area contributed by atoms with Crippen LogP contribution in [0.5, 0.6) is 5.75 Å². The van der Waals surface area contributed by atoms with Crippen molar-refractivity contribution in [2.75, 3.05) is 0 Å². The molecule has 0 aliphatic rings. The van der Waals surface area contributed by atoms with Gasteiger partial charge >= 0.3 is 5.97 Å². The molecule has 86 valence electrons. The van der Waals surface area contributed by atoms with E-state index in [1.807, 2.05) is 0 Å². The minimum Gasteiger partial charge on any atom is -0.507 e. The predicted molar refractivity (Wildman–Crippen MR) is 60.5 cm³/mol. The van der Waals surface area contributed by atoms with Gasteiger partial charge in [-0.25, -0.2) is 9.97 Å². The first kappa shape index (κ1) is 11.1. The zero-order valence-corrected chi connectivity index (χ0v) is 8.87. The number of phenols is 1. The fourth-order valence-electron chi connectivity index (χ4n) is 1.57. The number of aromatic hydroxyl groups is 1. The molecule has 0 amide bonds. The molecular weight excluding hydrogens is 220 g/mol. The molecule has 0 spiro atoms. The van der Waals surface area contributed by atoms with E-state index in [4.69, 9.17) is 5.11 Å². The van der Waals surface area contributed by atoms with Gasteiger partial charge in [0, 0.05) is 17.3 Å². The van der Waals surface area contributed by atoms with E-state index < -0.39 is 5.97 Å². The topological polar surface area (TPSA) is 83.3 Å². The van der Waals surface area contributed by atoms with Gasteiger partial charge in [-0.15, -0.1) is 0 Å². The van der Waals surface area contributed by atoms with Crippen LogP contribution in [0.1, 0.15) is 5.56 Å². The Morgan fingerprint density at radius 1 is 1.29 bits per heavy atom. The molecule has 0 radical (unpaired) electrons. The molecule has 0 fully saturated rings. The summed E-state index contributed by atoms with van der Waals surface area (Å²) in [6, 6.07) is 6.66. The Balaban J connectivity index is 2.52. The van der Waals surface area contributed by atoms with Crippen LogP contribution in [0.4, 0.5) is 0 Å². The Morgan fingerprint density at radius 3 is 2.76 bits per heavy atom. The molecule has 1 heterocycles. The van der Waals surface area contributed by atoms with Crippen molar-refractivity contribution in [2.45, 2.75) is 6.42 Å². The van der Waals surface area contributed by atoms with Crippen LogP contribution in [0.25, 0.3) is 11.3 Å². The van der Waals surface area contributed by atoms with Crippen molar-refractivity contribution in [3.63, 3.8) is 0 Å². The quantitative estimate of drug-likeness (QED) is 0.834. The lowest BCUT2D eigenvalue weighted by atomic mass is 10.0. The van der Waals surface area contributed by atoms with E-state index in [9.17, 15) is 9.90 Å². The Hall–Kier alpha value is -2.43. The highest BCUT2D eigenvalue weighted by Gasteiger charge is 2.12. The fourth-order valence-corrected chi connectivity index (χ4v) is 1.57. The Morgan fingerprint density at radius 2 is 2.06 bits per heavy atom. The van der Waals surface area contributed by atoms with Gasteiger partial charge in [-0.1, -0.05) is 12.1 Å². The van der Waals surface area contributed by atoms with Crippen molar-refractivity contribution in [1.29, 1.82) is 0 Å². The highest BCUT2D eigenvalue weighted by atomic mass is 16.4. The molecule has 2 rings (SSSR count). The minimum absolute atomic E-state index is 0.0674. The second-order valence-corrected chi connectivity index (χ2v) is 3.48. The zero-order chi connectivity index (χ0) is 12.3. The van der Waals surface area contributed by atoms with Gasteiger partial charge in [0.2, 0.25) is 0 Å². The van der Waals surface area contributed by atoms with Gasteiger partial charge in [-0.05, 0) is 12.1 Å². The van der Waals surface area contributed by atoms with E-state index in [1.54, 1.807) is 18.2 Å². The number of carboxylic acid groups (broad SMARTS) is 1. The maximum atomic E-state index is 10.7. The van der Waals surface area contributed by atoms with Crippen LogP contribution in [-0.4, -0.2) is 26.2 Å². The molecule has 2 N–H and O–H groups in total. The van der Waals surface area contributed by atoms with Gasteiger partial charge in [0.25, 0.3) is 0 Å². The summed E-state index contributed by atoms with van der Waals surface area (Å²) in [4.78, 5) is 18.5. The standard InChI is InChI=1S/C12H10N2O3/c15-10-4-2-1-3-9(10)12-8(5-11(16)17)6-13-7-14-12/h1-4,6-7,15H,5H2,(H,16,17). The van der Waals surface area contributed by atoms with E-state index in [1.165, 1.54) is 18.6 Å². The molecule has 0 saturated heterocycles. The number of carboxylic acids is 1. The number of phenolic OH excluding ortho intramolecular Hbond substituents is 1. The van der Waals surface area contributed by atoms with Crippen molar-refractivity contribution >= 4 is 5.97 Å². The molecule has 0 aliphatic heterocycles. The van der Waals surface area contributed by atoms with Gasteiger partial charge in [0.15, 0.2) is 0 Å². The zero-order valence-electron chi connectivity index (χ0n) is 8.87. The summed E-state index contributed by atoms with van der Waals surface area (Å²) in [5, 5.41) is 18.5. The Bertz CT molecular complexity index is 555. The van der Waals surface area contributed by atoms with Crippen LogP contribution in [0.3, 0.4) is 0 Å². The number of nitrogens with zero attached hydrogens (tertiary/aromatic N) is 2. The lowest BCUT2D eigenvalue weighted by molar-refractivity contribution is -0.136. The highest BCUT2D eigenvalue weighted by Crippen LogP contribution is 2.29. The van der Waals surface area contributed by atoms with Crippen LogP contribution in [-0.2, 0) is 11.2 Å². The third kappa shape index (κ3) is 2.39. The van der Waals surface area contributed by atoms with E-state index in [-0.39, 0.29) is 12.2 Å². The molecule has 17 heavy (non-hydrogen) atoms. The Labute approximate surface area is 97.4 Å². The summed E-state index contributed by atoms with van der Waals surface area (Å²) in [5.74, 6) is -0.894. The number of aliphatic carboxylic acids is 1. The average Bonchev–Trinajstić information content (AvgIpc) is 2.30. The molecule has 0 bridgehead atoms. The number of rotatable bonds is 3. The van der Waals surface area contributed by atoms with E-state index >= 15 is 0 Å². The Kier molecular flexibility index (Phi) is 3.00. The maximum absolute atomic E-state index is 10.7. The molecule has 5 nitrogen and oxygen atoms in total. The van der Waals surface area contributed by atoms with Crippen LogP contribution in [0, 0.1) is 0 Å². The summed E-state index contributed by atoms with van der Waals surface area (Å²) in [6.07, 6.45) is 2.60. The summed E-state index contributed by atoms with van der Waals surface area (Å²) in [7, 11) is 0. The average molecular weight is 230 g/mol. The van der Waals surface area contributed by atoms with E-state index in [0.29, 0.717) is 16.8 Å². The number of aromatic nitrogens is 2. The molecule has 0 saturated carbocycles. The van der Waals surface area contributed by atoms with Gasteiger partial charge < -0.3 is 10.2 Å². The largest absolute Gasteiger partial charge is 0.507 e. The van der Waals surface area contributed by atoms with Crippen LogP contribution in [0.15, 0.2) is 36.8 Å². The van der Waals surface area contributed by atoms with Crippen molar-refractivity contribution in [3.8, 4) is 17.0 Å². The first-order valence-corrected chi connectivity index (χ1v) is 4.97. The highest BCUT2D eigenvalue weighted by molar-refractivity contribution is 5.76. The van der Waals surface area contributed by atoms with Gasteiger partial charge in [-0.2, -0.15) is 0 Å². The number of para-hydroxylation sites is 1. The fraction of sp³-hybridized carbons (Fsp3) is 0.0833. The van der Waals surface area contributed by atoms with E-state index in [0.717, 1.165) is 0 Å². The van der Waals surface area contributed by atoms with E-state index in [2.05, 4.69) is 9.97 Å². The summed E-state index contributed by atoms with van der Waals surface area (Å²) in [5.41, 5.74) is 1.42. The monoisotopic (exact) mass is 230 g/mol. The first-order valence-electron chi connectivity index (χ1n) is 4.97. The molecule has 2 aromatic rings. The SMILES string of the molecule is O=C(O)Cc1cncnc1-c1ccccc1O. The number of carbonyl (C=O) groups is 1. The molecule has 1 aromatic heterocycles. The third-order valence-electron chi connectivity index (χ3n) is 2.29. The second kappa shape index (κ2) is 4.61. The van der Waals surface area contributed by atoms with Gasteiger partial charge in [-0.3, -0.25) is 4.79 Å². The molecular formula is C12H10N2O3. The summed E-state index contributed by atoms with van der Waals surface area (Å²) >= 11 is 0. The molecule has 1 aromatic carbocycles. The summed E-state index contributed by atoms with van der Waals surface area (Å²) < 4.78 is 0. The number of benzene rings is 1. The maximum Gasteiger partial charge on any atom is 0.307 e. The normalized spacial score (nSPS) is 10.1. The van der Waals surface area contributed by atoms with Crippen molar-refractivity contribution < 1.29 is 15.0 Å².